The van der Waals surface area contributed by atoms with Crippen molar-refractivity contribution in [3.8, 4) is 11.4 Å². The zero-order valence-corrected chi connectivity index (χ0v) is 13.5. The zero-order chi connectivity index (χ0) is 17.8. The lowest BCUT2D eigenvalue weighted by Gasteiger charge is -2.09. The Balaban J connectivity index is 2.43. The molecule has 3 aromatic heterocycles. The van der Waals surface area contributed by atoms with Gasteiger partial charge in [-0.15, -0.1) is 0 Å². The van der Waals surface area contributed by atoms with Crippen molar-refractivity contribution in [2.24, 2.45) is 28.2 Å². The Morgan fingerprint density at radius 1 is 0.833 bits per heavy atom. The molecule has 0 unspecified atom stereocenters. The van der Waals surface area contributed by atoms with Crippen molar-refractivity contribution in [1.82, 2.24) is 28.2 Å². The van der Waals surface area contributed by atoms with Crippen LogP contribution in [-0.4, -0.2) is 28.2 Å². The summed E-state index contributed by atoms with van der Waals surface area (Å²) in [6.07, 6.45) is 2.59. The van der Waals surface area contributed by atoms with E-state index in [4.69, 9.17) is 0 Å². The first-order chi connectivity index (χ1) is 11.2. The Hall–Kier alpha value is -3.30. The van der Waals surface area contributed by atoms with Crippen LogP contribution in [0.25, 0.3) is 22.4 Å². The van der Waals surface area contributed by atoms with Crippen molar-refractivity contribution >= 4 is 11.0 Å². The highest BCUT2D eigenvalue weighted by molar-refractivity contribution is 5.75. The summed E-state index contributed by atoms with van der Waals surface area (Å²) < 4.78 is 4.32. The van der Waals surface area contributed by atoms with Gasteiger partial charge in [0.05, 0.1) is 0 Å². The lowest BCUT2D eigenvalue weighted by molar-refractivity contribution is 0.686. The van der Waals surface area contributed by atoms with Gasteiger partial charge in [0, 0.05) is 40.6 Å². The van der Waals surface area contributed by atoms with Crippen LogP contribution in [0.3, 0.4) is 0 Å². The van der Waals surface area contributed by atoms with Crippen molar-refractivity contribution < 1.29 is 0 Å². The molecule has 10 heteroatoms. The number of hydrogen-bond acceptors (Lipinski definition) is 6. The summed E-state index contributed by atoms with van der Waals surface area (Å²) >= 11 is 0. The van der Waals surface area contributed by atoms with Gasteiger partial charge in [-0.2, -0.15) is 0 Å². The van der Waals surface area contributed by atoms with E-state index in [1.165, 1.54) is 49.7 Å². The summed E-state index contributed by atoms with van der Waals surface area (Å²) in [5.41, 5.74) is -1.89. The van der Waals surface area contributed by atoms with E-state index in [2.05, 4.69) is 9.97 Å². The van der Waals surface area contributed by atoms with Crippen LogP contribution in [0.4, 0.5) is 0 Å². The predicted octanol–water partition coefficient (Wildman–Crippen LogP) is -1.91. The highest BCUT2D eigenvalue weighted by Gasteiger charge is 2.15. The van der Waals surface area contributed by atoms with Crippen LogP contribution in [-0.2, 0) is 28.2 Å². The molecule has 0 saturated heterocycles. The van der Waals surface area contributed by atoms with Crippen LogP contribution in [0, 0.1) is 0 Å². The molecule has 0 aromatic carbocycles. The molecule has 0 aliphatic carbocycles. The molecule has 0 aliphatic rings. The number of hydrogen-bond donors (Lipinski definition) is 0. The van der Waals surface area contributed by atoms with E-state index in [0.29, 0.717) is 0 Å². The lowest BCUT2D eigenvalue weighted by Crippen LogP contribution is -2.38. The normalized spacial score (nSPS) is 11.2. The number of nitrogens with zero attached hydrogens (tertiary/aromatic N) is 6. The minimum Gasteiger partial charge on any atom is -0.303 e. The Bertz CT molecular complexity index is 1230. The Morgan fingerprint density at radius 3 is 2.12 bits per heavy atom. The first-order valence-corrected chi connectivity index (χ1v) is 6.94. The fraction of sp³-hybridized carbons (Fsp3) is 0.286. The second-order valence-electron chi connectivity index (χ2n) is 5.44. The smallest absolute Gasteiger partial charge is 0.303 e. The fourth-order valence-corrected chi connectivity index (χ4v) is 2.45. The monoisotopic (exact) mass is 330 g/mol. The zero-order valence-electron chi connectivity index (χ0n) is 13.5. The molecule has 3 aromatic rings. The molecular weight excluding hydrogens is 316 g/mol. The summed E-state index contributed by atoms with van der Waals surface area (Å²) in [6, 6.07) is 0. The second kappa shape index (κ2) is 5.11. The maximum absolute atomic E-state index is 12.3. The van der Waals surface area contributed by atoms with Gasteiger partial charge in [-0.25, -0.2) is 19.6 Å². The minimum atomic E-state index is -0.564. The molecular formula is C14H14N6O4. The average molecular weight is 330 g/mol. The fourth-order valence-electron chi connectivity index (χ4n) is 2.45. The highest BCUT2D eigenvalue weighted by atomic mass is 16.2. The van der Waals surface area contributed by atoms with Crippen LogP contribution in [0.15, 0.2) is 31.6 Å². The number of aromatic nitrogens is 6. The molecule has 0 bridgehead atoms. The quantitative estimate of drug-likeness (QED) is 0.514. The summed E-state index contributed by atoms with van der Waals surface area (Å²) in [7, 11) is 5.68. The molecule has 124 valence electrons. The van der Waals surface area contributed by atoms with E-state index in [9.17, 15) is 19.2 Å². The minimum absolute atomic E-state index is 0.0296. The Labute approximate surface area is 133 Å². The van der Waals surface area contributed by atoms with E-state index >= 15 is 0 Å². The van der Waals surface area contributed by atoms with Gasteiger partial charge in [-0.1, -0.05) is 0 Å². The molecule has 0 saturated carbocycles. The lowest BCUT2D eigenvalue weighted by atomic mass is 10.3. The second-order valence-corrected chi connectivity index (χ2v) is 5.44. The third-order valence-electron chi connectivity index (χ3n) is 3.88. The Kier molecular flexibility index (Phi) is 3.32. The highest BCUT2D eigenvalue weighted by Crippen LogP contribution is 2.11. The van der Waals surface area contributed by atoms with E-state index < -0.39 is 22.5 Å². The van der Waals surface area contributed by atoms with E-state index in [0.717, 1.165) is 9.13 Å². The van der Waals surface area contributed by atoms with Crippen molar-refractivity contribution in [1.29, 1.82) is 0 Å². The van der Waals surface area contributed by atoms with Gasteiger partial charge in [-0.05, 0) is 0 Å². The first kappa shape index (κ1) is 15.6. The molecule has 0 atom stereocenters. The third kappa shape index (κ3) is 2.03. The number of fused-ring (bicyclic) bond motifs is 1. The maximum Gasteiger partial charge on any atom is 0.332 e. The molecule has 10 nitrogen and oxygen atoms in total. The van der Waals surface area contributed by atoms with Crippen LogP contribution in [0.1, 0.15) is 0 Å². The molecule has 0 spiro atoms. The molecule has 0 amide bonds. The van der Waals surface area contributed by atoms with Gasteiger partial charge in [-0.3, -0.25) is 23.3 Å². The maximum atomic E-state index is 12.3. The largest absolute Gasteiger partial charge is 0.332 e. The van der Waals surface area contributed by atoms with E-state index in [-0.39, 0.29) is 22.4 Å². The molecule has 0 N–H and O–H groups in total. The van der Waals surface area contributed by atoms with Crippen LogP contribution >= 0.6 is 0 Å². The number of aryl methyl sites for hydroxylation is 2. The molecule has 3 heterocycles. The topological polar surface area (TPSA) is 114 Å². The van der Waals surface area contributed by atoms with Crippen molar-refractivity contribution in [2.75, 3.05) is 0 Å². The SMILES string of the molecule is Cn1cc(-c2ncc3c(=O)n(C)c(=O)n(C)c3n2)c(=O)n(C)c1=O. The van der Waals surface area contributed by atoms with Gasteiger partial charge in [0.25, 0.3) is 11.1 Å². The van der Waals surface area contributed by atoms with Crippen LogP contribution < -0.4 is 22.5 Å². The van der Waals surface area contributed by atoms with Crippen molar-refractivity contribution in [3.63, 3.8) is 0 Å². The third-order valence-corrected chi connectivity index (χ3v) is 3.88. The molecule has 24 heavy (non-hydrogen) atoms. The van der Waals surface area contributed by atoms with Gasteiger partial charge >= 0.3 is 11.4 Å². The predicted molar refractivity (Wildman–Crippen MR) is 85.9 cm³/mol. The molecule has 0 radical (unpaired) electrons. The number of rotatable bonds is 1. The molecule has 3 rings (SSSR count). The average Bonchev–Trinajstić information content (AvgIpc) is 2.58. The Morgan fingerprint density at radius 2 is 1.46 bits per heavy atom. The summed E-state index contributed by atoms with van der Waals surface area (Å²) in [5.74, 6) is 0.0296. The van der Waals surface area contributed by atoms with Crippen molar-refractivity contribution in [3.05, 3.63) is 54.1 Å². The molecule has 0 fully saturated rings. The van der Waals surface area contributed by atoms with Gasteiger partial charge in [0.1, 0.15) is 10.9 Å². The van der Waals surface area contributed by atoms with Crippen LogP contribution in [0.5, 0.6) is 0 Å². The summed E-state index contributed by atoms with van der Waals surface area (Å²) in [5, 5.41) is 0.157. The van der Waals surface area contributed by atoms with Crippen LogP contribution in [0.2, 0.25) is 0 Å². The molecule has 0 aliphatic heterocycles. The standard InChI is InChI=1S/C14H14N6O4/c1-17-6-8(12(22)19(3)13(17)23)9-15-5-7-10(16-9)18(2)14(24)20(4)11(7)21/h5-6H,1-4H3. The van der Waals surface area contributed by atoms with Gasteiger partial charge < -0.3 is 4.57 Å². The van der Waals surface area contributed by atoms with E-state index in [1.807, 2.05) is 0 Å². The first-order valence-electron chi connectivity index (χ1n) is 6.94. The van der Waals surface area contributed by atoms with E-state index in [1.54, 1.807) is 0 Å². The van der Waals surface area contributed by atoms with Crippen molar-refractivity contribution in [2.45, 2.75) is 0 Å². The summed E-state index contributed by atoms with van der Waals surface area (Å²) in [4.78, 5) is 56.4. The summed E-state index contributed by atoms with van der Waals surface area (Å²) in [6.45, 7) is 0. The van der Waals surface area contributed by atoms with Gasteiger partial charge in [0.2, 0.25) is 0 Å². The van der Waals surface area contributed by atoms with Gasteiger partial charge in [0.15, 0.2) is 11.5 Å².